The summed E-state index contributed by atoms with van der Waals surface area (Å²) in [5, 5.41) is 44.0. The molecule has 2 amide bonds. The zero-order chi connectivity index (χ0) is 30.2. The maximum Gasteiger partial charge on any atom is 0.411 e. The fraction of sp³-hybridized carbons (Fsp3) is 0.926. The van der Waals surface area contributed by atoms with E-state index in [-0.39, 0.29) is 18.4 Å². The zero-order valence-electron chi connectivity index (χ0n) is 24.4. The lowest BCUT2D eigenvalue weighted by Gasteiger charge is -2.44. The van der Waals surface area contributed by atoms with E-state index in [1.54, 1.807) is 47.8 Å². The summed E-state index contributed by atoms with van der Waals surface area (Å²) >= 11 is 7.64. The van der Waals surface area contributed by atoms with E-state index in [1.165, 1.54) is 4.90 Å². The predicted molar refractivity (Wildman–Crippen MR) is 151 cm³/mol. The van der Waals surface area contributed by atoms with Gasteiger partial charge in [0.2, 0.25) is 5.91 Å². The first-order chi connectivity index (χ1) is 18.4. The van der Waals surface area contributed by atoms with Crippen LogP contribution >= 0.6 is 23.4 Å². The van der Waals surface area contributed by atoms with Crippen molar-refractivity contribution in [1.82, 2.24) is 10.2 Å². The van der Waals surface area contributed by atoms with E-state index in [4.69, 9.17) is 25.8 Å². The van der Waals surface area contributed by atoms with Gasteiger partial charge >= 0.3 is 6.09 Å². The van der Waals surface area contributed by atoms with Crippen LogP contribution in [0, 0.1) is 11.8 Å². The Balaban J connectivity index is 1.88. The standard InChI is InChI=1S/C27H47ClN2O9S/c1-13(28)16(22-19(32)18(31)20(33)24(38-22)40-7)29-23(34)17-21-15(12-30(17)25(35)39-26(2,3)4)10-14(8-9-37-21)11-27(5,6)36/h13-22,24,31-33,36H,8-12H2,1-7H3,(H,29,34)/t13-,14+,15-,16+,17-,18+,19?,20+,21+,22+,24?/m0/s1. The third kappa shape index (κ3) is 8.15. The summed E-state index contributed by atoms with van der Waals surface area (Å²) in [5.41, 5.74) is -2.49. The van der Waals surface area contributed by atoms with E-state index in [1.807, 2.05) is 0 Å². The first-order valence-electron chi connectivity index (χ1n) is 13.9. The molecular formula is C27H47ClN2O9S. The SMILES string of the molecule is CSC1O[C@H]([C@H](NC(=O)[C@@H]2[C@@H]3OCC[C@@H](CC(C)(C)O)C[C@H]3CN2C(=O)OC(C)(C)C)[C@H](C)Cl)C(O)[C@@H](O)[C@H]1O. The highest BCUT2D eigenvalue weighted by atomic mass is 35.5. The van der Waals surface area contributed by atoms with Gasteiger partial charge in [0.05, 0.1) is 23.1 Å². The quantitative estimate of drug-likeness (QED) is 0.267. The summed E-state index contributed by atoms with van der Waals surface area (Å²) in [6.45, 7) is 11.0. The minimum atomic E-state index is -1.51. The van der Waals surface area contributed by atoms with Crippen LogP contribution in [0.5, 0.6) is 0 Å². The van der Waals surface area contributed by atoms with Crippen LogP contribution in [0.2, 0.25) is 0 Å². The van der Waals surface area contributed by atoms with Crippen LogP contribution < -0.4 is 5.32 Å². The molecule has 0 aromatic heterocycles. The van der Waals surface area contributed by atoms with Gasteiger partial charge in [-0.3, -0.25) is 9.69 Å². The van der Waals surface area contributed by atoms with Gasteiger partial charge in [0.15, 0.2) is 0 Å². The number of ether oxygens (including phenoxy) is 3. The number of hydrogen-bond acceptors (Lipinski definition) is 10. The van der Waals surface area contributed by atoms with Crippen LogP contribution in [0.4, 0.5) is 4.79 Å². The number of nitrogens with zero attached hydrogens (tertiary/aromatic N) is 1. The maximum absolute atomic E-state index is 14.0. The summed E-state index contributed by atoms with van der Waals surface area (Å²) in [6.07, 6.45) is -3.08. The lowest BCUT2D eigenvalue weighted by Crippen LogP contribution is -2.65. The first-order valence-corrected chi connectivity index (χ1v) is 15.7. The van der Waals surface area contributed by atoms with E-state index in [0.717, 1.165) is 18.2 Å². The topological polar surface area (TPSA) is 158 Å². The van der Waals surface area contributed by atoms with E-state index in [0.29, 0.717) is 19.4 Å². The lowest BCUT2D eigenvalue weighted by molar-refractivity contribution is -0.205. The first kappa shape index (κ1) is 33.6. The van der Waals surface area contributed by atoms with Crippen LogP contribution in [0.15, 0.2) is 0 Å². The van der Waals surface area contributed by atoms with Crippen molar-refractivity contribution in [3.63, 3.8) is 0 Å². The molecular weight excluding hydrogens is 564 g/mol. The third-order valence-electron chi connectivity index (χ3n) is 7.70. The van der Waals surface area contributed by atoms with Crippen molar-refractivity contribution in [3.05, 3.63) is 0 Å². The Morgan fingerprint density at radius 1 is 1.15 bits per heavy atom. The Bertz CT molecular complexity index is 881. The van der Waals surface area contributed by atoms with Gasteiger partial charge < -0.3 is 40.0 Å². The number of rotatable bonds is 7. The molecule has 0 saturated carbocycles. The van der Waals surface area contributed by atoms with Crippen molar-refractivity contribution in [2.75, 3.05) is 19.4 Å². The Kier molecular flexibility index (Phi) is 11.1. The van der Waals surface area contributed by atoms with E-state index in [9.17, 15) is 30.0 Å². The molecule has 0 aliphatic carbocycles. The highest BCUT2D eigenvalue weighted by Crippen LogP contribution is 2.39. The summed E-state index contributed by atoms with van der Waals surface area (Å²) in [6, 6.07) is -2.00. The minimum Gasteiger partial charge on any atom is -0.444 e. The molecule has 11 atom stereocenters. The van der Waals surface area contributed by atoms with Crippen LogP contribution in [-0.2, 0) is 19.0 Å². The van der Waals surface area contributed by atoms with Gasteiger partial charge in [-0.2, -0.15) is 0 Å². The van der Waals surface area contributed by atoms with Gasteiger partial charge in [-0.15, -0.1) is 23.4 Å². The number of aliphatic hydroxyl groups is 4. The molecule has 5 N–H and O–H groups in total. The number of halogens is 1. The smallest absolute Gasteiger partial charge is 0.411 e. The fourth-order valence-corrected chi connectivity index (χ4v) is 6.91. The van der Waals surface area contributed by atoms with E-state index >= 15 is 0 Å². The Morgan fingerprint density at radius 2 is 1.80 bits per heavy atom. The molecule has 3 aliphatic heterocycles. The third-order valence-corrected chi connectivity index (χ3v) is 8.82. The second kappa shape index (κ2) is 13.2. The highest BCUT2D eigenvalue weighted by Gasteiger charge is 2.53. The van der Waals surface area contributed by atoms with Crippen LogP contribution in [-0.4, -0.2) is 121 Å². The van der Waals surface area contributed by atoms with Gasteiger partial charge in [-0.1, -0.05) is 0 Å². The van der Waals surface area contributed by atoms with Crippen molar-refractivity contribution in [2.24, 2.45) is 11.8 Å². The zero-order valence-corrected chi connectivity index (χ0v) is 26.0. The van der Waals surface area contributed by atoms with Gasteiger partial charge in [-0.25, -0.2) is 4.79 Å². The van der Waals surface area contributed by atoms with Gasteiger partial charge in [0.25, 0.3) is 0 Å². The summed E-state index contributed by atoms with van der Waals surface area (Å²) in [5.74, 6) is -0.566. The second-order valence-electron chi connectivity index (χ2n) is 13.0. The van der Waals surface area contributed by atoms with E-state index in [2.05, 4.69) is 5.32 Å². The molecule has 0 aromatic carbocycles. The molecule has 3 rings (SSSR count). The summed E-state index contributed by atoms with van der Waals surface area (Å²) in [4.78, 5) is 28.7. The molecule has 232 valence electrons. The fourth-order valence-electron chi connectivity index (χ4n) is 6.02. The average molecular weight is 611 g/mol. The maximum atomic E-state index is 14.0. The number of amides is 2. The van der Waals surface area contributed by atoms with E-state index < -0.39 is 76.6 Å². The number of carbonyl (C=O) groups is 2. The van der Waals surface area contributed by atoms with Crippen LogP contribution in [0.3, 0.4) is 0 Å². The number of fused-ring (bicyclic) bond motifs is 1. The van der Waals surface area contributed by atoms with Crippen LogP contribution in [0.1, 0.15) is 60.8 Å². The molecule has 3 fully saturated rings. The number of hydrogen-bond donors (Lipinski definition) is 5. The average Bonchev–Trinajstić information content (AvgIpc) is 3.06. The number of aliphatic hydroxyl groups excluding tert-OH is 3. The molecule has 3 heterocycles. The van der Waals surface area contributed by atoms with Gasteiger partial charge in [0.1, 0.15) is 41.5 Å². The lowest BCUT2D eigenvalue weighted by atomic mass is 9.83. The molecule has 11 nitrogen and oxygen atoms in total. The van der Waals surface area contributed by atoms with Gasteiger partial charge in [0, 0.05) is 19.1 Å². The number of carbonyl (C=O) groups excluding carboxylic acids is 2. The van der Waals surface area contributed by atoms with Crippen molar-refractivity contribution in [1.29, 1.82) is 0 Å². The van der Waals surface area contributed by atoms with Gasteiger partial charge in [-0.05, 0) is 73.0 Å². The minimum absolute atomic E-state index is 0.148. The molecule has 3 aliphatic rings. The molecule has 13 heteroatoms. The summed E-state index contributed by atoms with van der Waals surface area (Å²) in [7, 11) is 0. The number of thioether (sulfide) groups is 1. The van der Waals surface area contributed by atoms with Crippen molar-refractivity contribution >= 4 is 35.4 Å². The number of nitrogens with one attached hydrogen (secondary N) is 1. The normalized spacial score (nSPS) is 36.8. The Hall–Kier alpha value is -0.860. The largest absolute Gasteiger partial charge is 0.444 e. The molecule has 3 saturated heterocycles. The molecule has 0 radical (unpaired) electrons. The Labute approximate surface area is 246 Å². The highest BCUT2D eigenvalue weighted by molar-refractivity contribution is 7.99. The second-order valence-corrected chi connectivity index (χ2v) is 14.6. The van der Waals surface area contributed by atoms with Crippen molar-refractivity contribution in [3.8, 4) is 0 Å². The Morgan fingerprint density at radius 3 is 2.35 bits per heavy atom. The molecule has 0 bridgehead atoms. The molecule has 0 spiro atoms. The number of likely N-dealkylation sites (tertiary alicyclic amines) is 1. The van der Waals surface area contributed by atoms with Crippen LogP contribution in [0.25, 0.3) is 0 Å². The molecule has 2 unspecified atom stereocenters. The monoisotopic (exact) mass is 610 g/mol. The molecule has 40 heavy (non-hydrogen) atoms. The predicted octanol–water partition coefficient (Wildman–Crippen LogP) is 1.46. The molecule has 0 aromatic rings. The van der Waals surface area contributed by atoms with Crippen molar-refractivity contribution in [2.45, 2.75) is 125 Å². The van der Waals surface area contributed by atoms with Crippen molar-refractivity contribution < 1.29 is 44.2 Å². The number of alkyl halides is 1. The summed E-state index contributed by atoms with van der Waals surface area (Å²) < 4.78 is 17.7.